The summed E-state index contributed by atoms with van der Waals surface area (Å²) in [7, 11) is 0. The zero-order valence-electron chi connectivity index (χ0n) is 17.4. The van der Waals surface area contributed by atoms with Crippen LogP contribution in [0.4, 0.5) is 5.82 Å². The molecule has 0 saturated carbocycles. The van der Waals surface area contributed by atoms with Crippen molar-refractivity contribution < 1.29 is 9.47 Å². The highest BCUT2D eigenvalue weighted by Crippen LogP contribution is 2.32. The van der Waals surface area contributed by atoms with Crippen LogP contribution in [0.15, 0.2) is 41.5 Å². The molecule has 0 spiro atoms. The van der Waals surface area contributed by atoms with E-state index in [0.717, 1.165) is 48.5 Å². The van der Waals surface area contributed by atoms with Gasteiger partial charge in [-0.15, -0.1) is 24.0 Å². The van der Waals surface area contributed by atoms with Crippen LogP contribution in [0.1, 0.15) is 37.3 Å². The molecule has 2 N–H and O–H groups in total. The van der Waals surface area contributed by atoms with Gasteiger partial charge in [-0.1, -0.05) is 6.07 Å². The van der Waals surface area contributed by atoms with Gasteiger partial charge >= 0.3 is 0 Å². The van der Waals surface area contributed by atoms with E-state index < -0.39 is 0 Å². The Labute approximate surface area is 195 Å². The van der Waals surface area contributed by atoms with Crippen molar-refractivity contribution in [2.24, 2.45) is 4.99 Å². The maximum Gasteiger partial charge on any atom is 0.231 e. The van der Waals surface area contributed by atoms with Crippen molar-refractivity contribution in [3.8, 4) is 11.5 Å². The first kappa shape index (κ1) is 22.5. The van der Waals surface area contributed by atoms with Crippen LogP contribution in [0.3, 0.4) is 0 Å². The van der Waals surface area contributed by atoms with Crippen LogP contribution in [-0.4, -0.2) is 37.4 Å². The summed E-state index contributed by atoms with van der Waals surface area (Å²) < 4.78 is 10.8. The summed E-state index contributed by atoms with van der Waals surface area (Å²) in [5.74, 6) is 3.45. The third-order valence-electron chi connectivity index (χ3n) is 5.15. The third kappa shape index (κ3) is 5.90. The van der Waals surface area contributed by atoms with Gasteiger partial charge in [-0.2, -0.15) is 0 Å². The van der Waals surface area contributed by atoms with Gasteiger partial charge in [-0.25, -0.2) is 9.98 Å². The van der Waals surface area contributed by atoms with E-state index in [9.17, 15) is 0 Å². The molecule has 2 aliphatic heterocycles. The van der Waals surface area contributed by atoms with Crippen LogP contribution in [0.5, 0.6) is 11.5 Å². The minimum atomic E-state index is 0. The molecule has 0 unspecified atom stereocenters. The molecule has 30 heavy (non-hydrogen) atoms. The van der Waals surface area contributed by atoms with E-state index in [1.165, 1.54) is 24.8 Å². The molecule has 1 fully saturated rings. The summed E-state index contributed by atoms with van der Waals surface area (Å²) in [4.78, 5) is 11.7. The van der Waals surface area contributed by atoms with Crippen LogP contribution in [0, 0.1) is 0 Å². The normalized spacial score (nSPS) is 15.5. The van der Waals surface area contributed by atoms with E-state index in [1.807, 2.05) is 24.4 Å². The van der Waals surface area contributed by atoms with Crippen molar-refractivity contribution >= 4 is 35.8 Å². The Morgan fingerprint density at radius 2 is 1.87 bits per heavy atom. The standard InChI is InChI=1S/C22H29N5O2.HI/c1-2-23-22(25-14-17-6-7-19-20(12-17)29-16-28-19)26-15-18-8-9-24-21(13-18)27-10-4-3-5-11-27;/h6-9,12-13H,2-5,10-11,14-16H2,1H3,(H2,23,25,26);1H. The number of rotatable bonds is 6. The molecule has 1 saturated heterocycles. The zero-order chi connectivity index (χ0) is 19.9. The minimum Gasteiger partial charge on any atom is -0.454 e. The molecule has 0 radical (unpaired) electrons. The molecule has 2 aromatic rings. The first-order valence-electron chi connectivity index (χ1n) is 10.4. The lowest BCUT2D eigenvalue weighted by Gasteiger charge is -2.28. The second kappa shape index (κ2) is 11.2. The Morgan fingerprint density at radius 3 is 2.70 bits per heavy atom. The van der Waals surface area contributed by atoms with Crippen LogP contribution < -0.4 is 25.0 Å². The maximum absolute atomic E-state index is 5.45. The first-order chi connectivity index (χ1) is 14.3. The lowest BCUT2D eigenvalue weighted by atomic mass is 10.1. The summed E-state index contributed by atoms with van der Waals surface area (Å²) in [6.07, 6.45) is 5.73. The highest BCUT2D eigenvalue weighted by Gasteiger charge is 2.14. The van der Waals surface area contributed by atoms with Crippen molar-refractivity contribution in [1.82, 2.24) is 15.6 Å². The number of fused-ring (bicyclic) bond motifs is 1. The van der Waals surface area contributed by atoms with Gasteiger partial charge in [-0.05, 0) is 61.6 Å². The van der Waals surface area contributed by atoms with Gasteiger partial charge in [0.25, 0.3) is 0 Å². The fraction of sp³-hybridized carbons (Fsp3) is 0.455. The average Bonchev–Trinajstić information content (AvgIpc) is 3.24. The summed E-state index contributed by atoms with van der Waals surface area (Å²) >= 11 is 0. The molecule has 2 aliphatic rings. The zero-order valence-corrected chi connectivity index (χ0v) is 19.7. The summed E-state index contributed by atoms with van der Waals surface area (Å²) in [6, 6.07) is 10.2. The molecule has 1 aromatic heterocycles. The SMILES string of the molecule is CCNC(=NCc1ccc2c(c1)OCO2)NCc1ccnc(N2CCCCC2)c1.I. The average molecular weight is 523 g/mol. The van der Waals surface area contributed by atoms with E-state index in [2.05, 4.69) is 39.6 Å². The molecular formula is C22H30IN5O2. The van der Waals surface area contributed by atoms with Crippen molar-refractivity contribution in [3.05, 3.63) is 47.7 Å². The largest absolute Gasteiger partial charge is 0.454 e. The second-order valence-corrected chi connectivity index (χ2v) is 7.31. The monoisotopic (exact) mass is 523 g/mol. The predicted molar refractivity (Wildman–Crippen MR) is 130 cm³/mol. The van der Waals surface area contributed by atoms with Gasteiger partial charge in [0.2, 0.25) is 6.79 Å². The van der Waals surface area contributed by atoms with Gasteiger partial charge in [0.05, 0.1) is 6.54 Å². The molecule has 3 heterocycles. The molecule has 4 rings (SSSR count). The fourth-order valence-electron chi connectivity index (χ4n) is 3.60. The summed E-state index contributed by atoms with van der Waals surface area (Å²) in [5, 5.41) is 6.74. The number of nitrogens with zero attached hydrogens (tertiary/aromatic N) is 3. The number of aromatic nitrogens is 1. The lowest BCUT2D eigenvalue weighted by Crippen LogP contribution is -2.37. The molecule has 162 valence electrons. The lowest BCUT2D eigenvalue weighted by molar-refractivity contribution is 0.174. The Bertz CT molecular complexity index is 855. The summed E-state index contributed by atoms with van der Waals surface area (Å²) in [6.45, 7) is 6.64. The second-order valence-electron chi connectivity index (χ2n) is 7.31. The predicted octanol–water partition coefficient (Wildman–Crippen LogP) is 3.67. The van der Waals surface area contributed by atoms with Crippen molar-refractivity contribution in [2.45, 2.75) is 39.3 Å². The number of piperidine rings is 1. The number of halogens is 1. The molecule has 0 aliphatic carbocycles. The van der Waals surface area contributed by atoms with Gasteiger partial charge in [-0.3, -0.25) is 0 Å². The molecule has 1 aromatic carbocycles. The van der Waals surface area contributed by atoms with Crippen LogP contribution >= 0.6 is 24.0 Å². The number of nitrogens with one attached hydrogen (secondary N) is 2. The van der Waals surface area contributed by atoms with Gasteiger partial charge in [0.1, 0.15) is 5.82 Å². The number of hydrogen-bond donors (Lipinski definition) is 2. The van der Waals surface area contributed by atoms with E-state index in [1.54, 1.807) is 0 Å². The Morgan fingerprint density at radius 1 is 1.03 bits per heavy atom. The van der Waals surface area contributed by atoms with E-state index in [4.69, 9.17) is 14.5 Å². The number of benzene rings is 1. The molecule has 0 amide bonds. The Kier molecular flexibility index (Phi) is 8.41. The van der Waals surface area contributed by atoms with Crippen LogP contribution in [-0.2, 0) is 13.1 Å². The quantitative estimate of drug-likeness (QED) is 0.342. The van der Waals surface area contributed by atoms with Gasteiger partial charge in [0.15, 0.2) is 17.5 Å². The van der Waals surface area contributed by atoms with E-state index in [0.29, 0.717) is 13.1 Å². The van der Waals surface area contributed by atoms with Crippen molar-refractivity contribution in [2.75, 3.05) is 31.3 Å². The molecular weight excluding hydrogens is 493 g/mol. The Hall–Kier alpha value is -2.23. The highest BCUT2D eigenvalue weighted by atomic mass is 127. The fourth-order valence-corrected chi connectivity index (χ4v) is 3.60. The molecule has 8 heteroatoms. The number of aliphatic imine (C=N–C) groups is 1. The van der Waals surface area contributed by atoms with Crippen molar-refractivity contribution in [3.63, 3.8) is 0 Å². The van der Waals surface area contributed by atoms with Crippen LogP contribution in [0.25, 0.3) is 0 Å². The number of guanidine groups is 1. The van der Waals surface area contributed by atoms with Crippen molar-refractivity contribution in [1.29, 1.82) is 0 Å². The maximum atomic E-state index is 5.45. The number of hydrogen-bond acceptors (Lipinski definition) is 5. The van der Waals surface area contributed by atoms with E-state index in [-0.39, 0.29) is 30.8 Å². The molecule has 0 bridgehead atoms. The number of ether oxygens (including phenoxy) is 2. The van der Waals surface area contributed by atoms with Crippen LogP contribution in [0.2, 0.25) is 0 Å². The molecule has 0 atom stereocenters. The number of pyridine rings is 1. The summed E-state index contributed by atoms with van der Waals surface area (Å²) in [5.41, 5.74) is 2.29. The highest BCUT2D eigenvalue weighted by molar-refractivity contribution is 14.0. The Balaban J connectivity index is 0.00000256. The minimum absolute atomic E-state index is 0. The topological polar surface area (TPSA) is 71.0 Å². The van der Waals surface area contributed by atoms with E-state index >= 15 is 0 Å². The number of anilines is 1. The smallest absolute Gasteiger partial charge is 0.231 e. The third-order valence-corrected chi connectivity index (χ3v) is 5.15. The molecule has 7 nitrogen and oxygen atoms in total. The first-order valence-corrected chi connectivity index (χ1v) is 10.4. The van der Waals surface area contributed by atoms with Gasteiger partial charge < -0.3 is 25.0 Å². The van der Waals surface area contributed by atoms with Gasteiger partial charge in [0, 0.05) is 32.4 Å².